The van der Waals surface area contributed by atoms with Crippen molar-refractivity contribution < 1.29 is 9.53 Å². The molecule has 0 aromatic carbocycles. The molecular weight excluding hydrogens is 356 g/mol. The first-order valence-corrected chi connectivity index (χ1v) is 10.3. The molecule has 0 saturated carbocycles. The van der Waals surface area contributed by atoms with Crippen LogP contribution >= 0.6 is 22.7 Å². The molecule has 3 heterocycles. The fourth-order valence-electron chi connectivity index (χ4n) is 3.00. The molecule has 1 aliphatic rings. The Morgan fingerprint density at radius 3 is 2.64 bits per heavy atom. The van der Waals surface area contributed by atoms with Crippen LogP contribution in [0.1, 0.15) is 37.2 Å². The number of amides is 1. The van der Waals surface area contributed by atoms with Crippen LogP contribution in [0.2, 0.25) is 0 Å². The first kappa shape index (κ1) is 18.4. The number of thiazole rings is 2. The predicted molar refractivity (Wildman–Crippen MR) is 101 cm³/mol. The number of morpholine rings is 1. The Morgan fingerprint density at radius 2 is 1.96 bits per heavy atom. The second-order valence-electron chi connectivity index (χ2n) is 6.41. The first-order chi connectivity index (χ1) is 12.0. The third kappa shape index (κ3) is 5.31. The zero-order chi connectivity index (χ0) is 17.8. The molecule has 8 heteroatoms. The standard InChI is InChI=1S/C17H24N4O2S2/c1-4-16-18-13(9-24-16)5-15(22)20-17-19-14(10-25-17)8-21-6-11(2)23-12(3)7-21/h9-12H,4-8H2,1-3H3,(H,19,20,22). The Kier molecular flexibility index (Phi) is 6.16. The number of aryl methyl sites for hydroxylation is 1. The van der Waals surface area contributed by atoms with E-state index in [2.05, 4.69) is 41.0 Å². The zero-order valence-corrected chi connectivity index (χ0v) is 16.5. The zero-order valence-electron chi connectivity index (χ0n) is 14.8. The number of anilines is 1. The van der Waals surface area contributed by atoms with E-state index in [-0.39, 0.29) is 18.1 Å². The smallest absolute Gasteiger partial charge is 0.232 e. The molecule has 0 spiro atoms. The fraction of sp³-hybridized carbons (Fsp3) is 0.588. The van der Waals surface area contributed by atoms with Crippen LogP contribution in [0.15, 0.2) is 10.8 Å². The van der Waals surface area contributed by atoms with Gasteiger partial charge in [0.05, 0.1) is 35.0 Å². The van der Waals surface area contributed by atoms with Crippen LogP contribution in [0.25, 0.3) is 0 Å². The van der Waals surface area contributed by atoms with Gasteiger partial charge in [0.1, 0.15) is 0 Å². The molecule has 2 atom stereocenters. The maximum atomic E-state index is 12.2. The molecule has 0 aliphatic carbocycles. The highest BCUT2D eigenvalue weighted by molar-refractivity contribution is 7.14. The van der Waals surface area contributed by atoms with E-state index >= 15 is 0 Å². The molecule has 1 saturated heterocycles. The minimum absolute atomic E-state index is 0.0672. The van der Waals surface area contributed by atoms with Crippen molar-refractivity contribution in [2.45, 2.75) is 52.4 Å². The van der Waals surface area contributed by atoms with Crippen molar-refractivity contribution in [1.29, 1.82) is 0 Å². The molecule has 0 bridgehead atoms. The average Bonchev–Trinajstić information content (AvgIpc) is 3.15. The van der Waals surface area contributed by atoms with Gasteiger partial charge >= 0.3 is 0 Å². The molecule has 2 aromatic heterocycles. The van der Waals surface area contributed by atoms with E-state index in [4.69, 9.17) is 4.74 Å². The summed E-state index contributed by atoms with van der Waals surface area (Å²) in [4.78, 5) is 23.5. The Balaban J connectivity index is 1.51. The second-order valence-corrected chi connectivity index (χ2v) is 8.21. The average molecular weight is 381 g/mol. The van der Waals surface area contributed by atoms with Gasteiger partial charge < -0.3 is 10.1 Å². The molecule has 2 aromatic rings. The number of rotatable bonds is 6. The number of ether oxygens (including phenoxy) is 1. The Morgan fingerprint density at radius 1 is 1.24 bits per heavy atom. The van der Waals surface area contributed by atoms with Gasteiger partial charge in [0.15, 0.2) is 5.13 Å². The quantitative estimate of drug-likeness (QED) is 0.834. The number of hydrogen-bond acceptors (Lipinski definition) is 7. The molecule has 6 nitrogen and oxygen atoms in total. The topological polar surface area (TPSA) is 67.4 Å². The van der Waals surface area contributed by atoms with Gasteiger partial charge in [-0.15, -0.1) is 22.7 Å². The highest BCUT2D eigenvalue weighted by atomic mass is 32.1. The van der Waals surface area contributed by atoms with Crippen molar-refractivity contribution in [2.24, 2.45) is 0 Å². The number of carbonyl (C=O) groups is 1. The van der Waals surface area contributed by atoms with Gasteiger partial charge in [-0.05, 0) is 20.3 Å². The molecular formula is C17H24N4O2S2. The highest BCUT2D eigenvalue weighted by Crippen LogP contribution is 2.20. The molecule has 2 unspecified atom stereocenters. The lowest BCUT2D eigenvalue weighted by molar-refractivity contribution is -0.115. The third-order valence-corrected chi connectivity index (χ3v) is 5.77. The van der Waals surface area contributed by atoms with Gasteiger partial charge in [-0.1, -0.05) is 6.92 Å². The lowest BCUT2D eigenvalue weighted by Crippen LogP contribution is -2.44. The van der Waals surface area contributed by atoms with Crippen LogP contribution in [0, 0.1) is 0 Å². The summed E-state index contributed by atoms with van der Waals surface area (Å²) in [5, 5.41) is 8.56. The van der Waals surface area contributed by atoms with E-state index in [0.717, 1.165) is 42.5 Å². The van der Waals surface area contributed by atoms with E-state index in [1.807, 2.05) is 10.8 Å². The summed E-state index contributed by atoms with van der Waals surface area (Å²) in [5.41, 5.74) is 1.82. The monoisotopic (exact) mass is 380 g/mol. The number of nitrogens with one attached hydrogen (secondary N) is 1. The maximum absolute atomic E-state index is 12.2. The summed E-state index contributed by atoms with van der Waals surface area (Å²) < 4.78 is 5.76. The summed E-state index contributed by atoms with van der Waals surface area (Å²) in [5.74, 6) is -0.0672. The SMILES string of the molecule is CCc1nc(CC(=O)Nc2nc(CN3CC(C)OC(C)C3)cs2)cs1. The lowest BCUT2D eigenvalue weighted by atomic mass is 10.2. The lowest BCUT2D eigenvalue weighted by Gasteiger charge is -2.34. The number of nitrogens with zero attached hydrogens (tertiary/aromatic N) is 3. The van der Waals surface area contributed by atoms with Crippen molar-refractivity contribution in [3.63, 3.8) is 0 Å². The van der Waals surface area contributed by atoms with Crippen molar-refractivity contribution in [1.82, 2.24) is 14.9 Å². The van der Waals surface area contributed by atoms with Gasteiger partial charge in [-0.2, -0.15) is 0 Å². The minimum atomic E-state index is -0.0672. The minimum Gasteiger partial charge on any atom is -0.373 e. The van der Waals surface area contributed by atoms with Crippen molar-refractivity contribution in [3.8, 4) is 0 Å². The predicted octanol–water partition coefficient (Wildman–Crippen LogP) is 2.95. The van der Waals surface area contributed by atoms with Gasteiger partial charge in [-0.3, -0.25) is 9.69 Å². The molecule has 136 valence electrons. The summed E-state index contributed by atoms with van der Waals surface area (Å²) in [6, 6.07) is 0. The normalized spacial score (nSPS) is 21.4. The summed E-state index contributed by atoms with van der Waals surface area (Å²) >= 11 is 3.07. The Bertz CT molecular complexity index is 705. The van der Waals surface area contributed by atoms with E-state index in [9.17, 15) is 4.79 Å². The fourth-order valence-corrected chi connectivity index (χ4v) is 4.46. The largest absolute Gasteiger partial charge is 0.373 e. The molecule has 1 amide bonds. The Hall–Kier alpha value is -1.35. The number of aromatic nitrogens is 2. The summed E-state index contributed by atoms with van der Waals surface area (Å²) in [7, 11) is 0. The molecule has 25 heavy (non-hydrogen) atoms. The van der Waals surface area contributed by atoms with Crippen LogP contribution in [-0.4, -0.2) is 46.1 Å². The molecule has 1 fully saturated rings. The maximum Gasteiger partial charge on any atom is 0.232 e. The van der Waals surface area contributed by atoms with Crippen molar-refractivity contribution in [2.75, 3.05) is 18.4 Å². The van der Waals surface area contributed by atoms with E-state index < -0.39 is 0 Å². The van der Waals surface area contributed by atoms with Gasteiger partial charge in [0, 0.05) is 30.4 Å². The number of hydrogen-bond donors (Lipinski definition) is 1. The highest BCUT2D eigenvalue weighted by Gasteiger charge is 2.22. The van der Waals surface area contributed by atoms with Gasteiger partial charge in [0.2, 0.25) is 5.91 Å². The van der Waals surface area contributed by atoms with Crippen LogP contribution in [-0.2, 0) is 28.9 Å². The summed E-state index contributed by atoms with van der Waals surface area (Å²) in [6.07, 6.45) is 1.69. The van der Waals surface area contributed by atoms with Gasteiger partial charge in [0.25, 0.3) is 0 Å². The van der Waals surface area contributed by atoms with E-state index in [0.29, 0.717) is 11.6 Å². The first-order valence-electron chi connectivity index (χ1n) is 8.57. The van der Waals surface area contributed by atoms with Crippen LogP contribution in [0.4, 0.5) is 5.13 Å². The number of carbonyl (C=O) groups excluding carboxylic acids is 1. The Labute approximate surface area is 156 Å². The van der Waals surface area contributed by atoms with Crippen LogP contribution in [0.3, 0.4) is 0 Å². The third-order valence-electron chi connectivity index (χ3n) is 3.92. The van der Waals surface area contributed by atoms with Crippen LogP contribution < -0.4 is 5.32 Å². The molecule has 1 N–H and O–H groups in total. The van der Waals surface area contributed by atoms with E-state index in [1.165, 1.54) is 11.3 Å². The van der Waals surface area contributed by atoms with Gasteiger partial charge in [-0.25, -0.2) is 9.97 Å². The molecule has 3 rings (SSSR count). The van der Waals surface area contributed by atoms with Crippen LogP contribution in [0.5, 0.6) is 0 Å². The van der Waals surface area contributed by atoms with Crippen molar-refractivity contribution >= 4 is 33.7 Å². The summed E-state index contributed by atoms with van der Waals surface area (Å²) in [6.45, 7) is 8.86. The van der Waals surface area contributed by atoms with E-state index in [1.54, 1.807) is 11.3 Å². The second kappa shape index (κ2) is 8.35. The van der Waals surface area contributed by atoms with Crippen molar-refractivity contribution in [3.05, 3.63) is 27.2 Å². The molecule has 1 aliphatic heterocycles. The molecule has 0 radical (unpaired) electrons.